The number of aliphatic hydroxyl groups excluding tert-OH is 1. The van der Waals surface area contributed by atoms with E-state index in [2.05, 4.69) is 0 Å². The van der Waals surface area contributed by atoms with E-state index in [1.54, 1.807) is 61.7 Å². The summed E-state index contributed by atoms with van der Waals surface area (Å²) < 4.78 is 5.28. The van der Waals surface area contributed by atoms with Crippen LogP contribution in [-0.4, -0.2) is 29.0 Å². The van der Waals surface area contributed by atoms with Crippen molar-refractivity contribution in [2.45, 2.75) is 19.9 Å². The molecule has 1 amide bonds. The second-order valence-corrected chi connectivity index (χ2v) is 7.76. The van der Waals surface area contributed by atoms with Crippen LogP contribution in [-0.2, 0) is 9.59 Å². The molecule has 1 saturated heterocycles. The largest absolute Gasteiger partial charge is 0.507 e. The Morgan fingerprint density at radius 2 is 1.69 bits per heavy atom. The fourth-order valence-electron chi connectivity index (χ4n) is 4.04. The molecule has 0 spiro atoms. The molecule has 1 fully saturated rings. The smallest absolute Gasteiger partial charge is 0.300 e. The fourth-order valence-corrected chi connectivity index (χ4v) is 4.04. The zero-order valence-corrected chi connectivity index (χ0v) is 18.0. The van der Waals surface area contributed by atoms with Gasteiger partial charge in [-0.2, -0.15) is 0 Å². The molecular weight excluding hydrogens is 406 g/mol. The van der Waals surface area contributed by atoms with E-state index in [-0.39, 0.29) is 22.8 Å². The Kier molecular flexibility index (Phi) is 5.45. The van der Waals surface area contributed by atoms with Crippen molar-refractivity contribution in [1.29, 1.82) is 0 Å². The first-order chi connectivity index (χ1) is 15.3. The molecule has 6 heteroatoms. The van der Waals surface area contributed by atoms with Crippen LogP contribution in [0.5, 0.6) is 11.5 Å². The number of hydrogen-bond acceptors (Lipinski definition) is 5. The second kappa shape index (κ2) is 8.23. The number of carbonyl (C=O) groups is 2. The molecule has 4 rings (SSSR count). The third kappa shape index (κ3) is 3.50. The molecule has 0 bridgehead atoms. The maximum Gasteiger partial charge on any atom is 0.300 e. The molecule has 0 aromatic heterocycles. The Hall–Kier alpha value is -4.06. The highest BCUT2D eigenvalue weighted by Gasteiger charge is 2.47. The van der Waals surface area contributed by atoms with Crippen LogP contribution in [0.3, 0.4) is 0 Å². The zero-order valence-electron chi connectivity index (χ0n) is 18.0. The van der Waals surface area contributed by atoms with Crippen LogP contribution in [0.1, 0.15) is 28.3 Å². The zero-order chi connectivity index (χ0) is 23.0. The second-order valence-electron chi connectivity index (χ2n) is 7.76. The molecule has 1 atom stereocenters. The molecule has 1 unspecified atom stereocenters. The number of ether oxygens (including phenoxy) is 1. The van der Waals surface area contributed by atoms with Crippen molar-refractivity contribution in [3.8, 4) is 11.5 Å². The first kappa shape index (κ1) is 21.2. The van der Waals surface area contributed by atoms with E-state index in [0.29, 0.717) is 16.9 Å². The number of aryl methyl sites for hydroxylation is 2. The molecule has 3 aromatic rings. The number of amides is 1. The van der Waals surface area contributed by atoms with Gasteiger partial charge in [0.05, 0.1) is 24.4 Å². The number of nitrogens with zero attached hydrogens (tertiary/aromatic N) is 1. The third-order valence-electron chi connectivity index (χ3n) is 5.62. The molecule has 0 radical (unpaired) electrons. The van der Waals surface area contributed by atoms with Crippen LogP contribution in [0.2, 0.25) is 0 Å². The minimum absolute atomic E-state index is 0.0355. The number of hydrogen-bond donors (Lipinski definition) is 2. The molecule has 1 aliphatic rings. The summed E-state index contributed by atoms with van der Waals surface area (Å²) >= 11 is 0. The lowest BCUT2D eigenvalue weighted by atomic mass is 9.94. The van der Waals surface area contributed by atoms with E-state index in [4.69, 9.17) is 4.74 Å². The van der Waals surface area contributed by atoms with Gasteiger partial charge in [0.25, 0.3) is 11.7 Å². The molecule has 1 heterocycles. The first-order valence-electron chi connectivity index (χ1n) is 10.1. The Balaban J connectivity index is 1.96. The fraction of sp³-hybridized carbons (Fsp3) is 0.154. The summed E-state index contributed by atoms with van der Waals surface area (Å²) in [4.78, 5) is 27.6. The predicted molar refractivity (Wildman–Crippen MR) is 122 cm³/mol. The highest BCUT2D eigenvalue weighted by atomic mass is 16.5. The summed E-state index contributed by atoms with van der Waals surface area (Å²) in [6, 6.07) is 18.0. The van der Waals surface area contributed by atoms with E-state index >= 15 is 0 Å². The Morgan fingerprint density at radius 3 is 2.34 bits per heavy atom. The molecule has 6 nitrogen and oxygen atoms in total. The van der Waals surface area contributed by atoms with E-state index in [1.165, 1.54) is 11.0 Å². The van der Waals surface area contributed by atoms with Crippen LogP contribution in [0.4, 0.5) is 5.69 Å². The van der Waals surface area contributed by atoms with Crippen LogP contribution in [0.25, 0.3) is 5.76 Å². The van der Waals surface area contributed by atoms with E-state index in [0.717, 1.165) is 11.1 Å². The van der Waals surface area contributed by atoms with Crippen molar-refractivity contribution in [2.24, 2.45) is 0 Å². The first-order valence-corrected chi connectivity index (χ1v) is 10.1. The molecule has 32 heavy (non-hydrogen) atoms. The summed E-state index contributed by atoms with van der Waals surface area (Å²) in [6.45, 7) is 3.66. The van der Waals surface area contributed by atoms with Gasteiger partial charge in [-0.05, 0) is 60.9 Å². The van der Waals surface area contributed by atoms with Crippen LogP contribution >= 0.6 is 0 Å². The van der Waals surface area contributed by atoms with Gasteiger partial charge in [0.15, 0.2) is 0 Å². The van der Waals surface area contributed by atoms with Crippen molar-refractivity contribution < 1.29 is 24.5 Å². The SMILES string of the molecule is COc1ccc(/C(O)=C2/C(=O)C(=O)N(c3cc(C)ccc3O)C2c2ccccc2)cc1C. The van der Waals surface area contributed by atoms with Crippen molar-refractivity contribution in [2.75, 3.05) is 12.0 Å². The lowest BCUT2D eigenvalue weighted by molar-refractivity contribution is -0.132. The van der Waals surface area contributed by atoms with Crippen molar-refractivity contribution >= 4 is 23.1 Å². The van der Waals surface area contributed by atoms with Crippen LogP contribution in [0, 0.1) is 13.8 Å². The van der Waals surface area contributed by atoms with E-state index in [1.807, 2.05) is 19.9 Å². The van der Waals surface area contributed by atoms with Gasteiger partial charge in [0, 0.05) is 5.56 Å². The summed E-state index contributed by atoms with van der Waals surface area (Å²) in [5, 5.41) is 21.7. The standard InChI is InChI=1S/C26H23NO5/c1-15-9-11-20(28)19(13-15)27-23(17-7-5-4-6-8-17)22(25(30)26(27)31)24(29)18-10-12-21(32-3)16(2)14-18/h4-14,23,28-29H,1-3H3/b24-22-. The van der Waals surface area contributed by atoms with Gasteiger partial charge in [-0.1, -0.05) is 36.4 Å². The molecular formula is C26H23NO5. The average Bonchev–Trinajstić information content (AvgIpc) is 3.06. The van der Waals surface area contributed by atoms with Gasteiger partial charge >= 0.3 is 0 Å². The minimum Gasteiger partial charge on any atom is -0.507 e. The Morgan fingerprint density at radius 1 is 0.969 bits per heavy atom. The molecule has 0 saturated carbocycles. The van der Waals surface area contributed by atoms with Crippen molar-refractivity contribution in [3.05, 3.63) is 94.6 Å². The lowest BCUT2D eigenvalue weighted by Crippen LogP contribution is -2.29. The van der Waals surface area contributed by atoms with Crippen LogP contribution < -0.4 is 9.64 Å². The topological polar surface area (TPSA) is 87.1 Å². The average molecular weight is 429 g/mol. The monoisotopic (exact) mass is 429 g/mol. The number of carbonyl (C=O) groups excluding carboxylic acids is 2. The number of aliphatic hydroxyl groups is 1. The van der Waals surface area contributed by atoms with Gasteiger partial charge in [-0.3, -0.25) is 14.5 Å². The lowest BCUT2D eigenvalue weighted by Gasteiger charge is -2.26. The number of aromatic hydroxyl groups is 1. The van der Waals surface area contributed by atoms with Gasteiger partial charge in [0.1, 0.15) is 17.3 Å². The number of anilines is 1. The maximum atomic E-state index is 13.2. The number of ketones is 1. The number of phenols is 1. The number of phenolic OH excluding ortho intramolecular Hbond substituents is 1. The normalized spacial score (nSPS) is 17.6. The van der Waals surface area contributed by atoms with E-state index < -0.39 is 17.7 Å². The Labute approximate surface area is 186 Å². The summed E-state index contributed by atoms with van der Waals surface area (Å²) in [5.41, 5.74) is 2.81. The van der Waals surface area contributed by atoms with E-state index in [9.17, 15) is 19.8 Å². The number of Topliss-reactive ketones (excluding diaryl/α,β-unsaturated/α-hetero) is 1. The van der Waals surface area contributed by atoms with Crippen molar-refractivity contribution in [3.63, 3.8) is 0 Å². The predicted octanol–water partition coefficient (Wildman–Crippen LogP) is 4.64. The highest BCUT2D eigenvalue weighted by Crippen LogP contribution is 2.45. The number of benzene rings is 3. The quantitative estimate of drug-likeness (QED) is 0.358. The molecule has 0 aliphatic carbocycles. The summed E-state index contributed by atoms with van der Waals surface area (Å²) in [7, 11) is 1.55. The van der Waals surface area contributed by atoms with Gasteiger partial charge in [-0.25, -0.2) is 0 Å². The van der Waals surface area contributed by atoms with Gasteiger partial charge < -0.3 is 14.9 Å². The van der Waals surface area contributed by atoms with Gasteiger partial charge in [-0.15, -0.1) is 0 Å². The van der Waals surface area contributed by atoms with Gasteiger partial charge in [0.2, 0.25) is 0 Å². The third-order valence-corrected chi connectivity index (χ3v) is 5.62. The number of methoxy groups -OCH3 is 1. The summed E-state index contributed by atoms with van der Waals surface area (Å²) in [5.74, 6) is -1.39. The minimum atomic E-state index is -0.897. The Bertz CT molecular complexity index is 1250. The number of rotatable bonds is 4. The highest BCUT2D eigenvalue weighted by molar-refractivity contribution is 6.51. The maximum absolute atomic E-state index is 13.2. The summed E-state index contributed by atoms with van der Waals surface area (Å²) in [6.07, 6.45) is 0. The molecule has 2 N–H and O–H groups in total. The molecule has 162 valence electrons. The van der Waals surface area contributed by atoms with Crippen LogP contribution in [0.15, 0.2) is 72.3 Å². The van der Waals surface area contributed by atoms with Crippen molar-refractivity contribution in [1.82, 2.24) is 0 Å². The molecule has 1 aliphatic heterocycles. The molecule has 3 aromatic carbocycles.